The number of nitro benzene ring substituents is 1. The first kappa shape index (κ1) is 20.2. The highest BCUT2D eigenvalue weighted by atomic mass is 35.5. The third kappa shape index (κ3) is 4.64. The zero-order valence-corrected chi connectivity index (χ0v) is 16.2. The largest absolute Gasteiger partial charge is 0.497 e. The summed E-state index contributed by atoms with van der Waals surface area (Å²) in [5, 5.41) is 17.2. The van der Waals surface area contributed by atoms with E-state index < -0.39 is 10.8 Å². The van der Waals surface area contributed by atoms with Gasteiger partial charge >= 0.3 is 0 Å². The number of nitro groups is 1. The Morgan fingerprint density at radius 2 is 1.93 bits per heavy atom. The van der Waals surface area contributed by atoms with Crippen LogP contribution in [0.4, 0.5) is 11.4 Å². The zero-order valence-electron chi connectivity index (χ0n) is 15.5. The van der Waals surface area contributed by atoms with Crippen LogP contribution in [0.1, 0.15) is 21.8 Å². The highest BCUT2D eigenvalue weighted by Gasteiger charge is 2.22. The molecule has 0 radical (unpaired) electrons. The molecular weight excluding hydrogens is 402 g/mol. The number of ether oxygens (including phenoxy) is 2. The molecule has 0 aliphatic heterocycles. The van der Waals surface area contributed by atoms with E-state index in [0.717, 1.165) is 6.07 Å². The van der Waals surface area contributed by atoms with Crippen molar-refractivity contribution in [2.75, 3.05) is 12.4 Å². The number of aromatic nitrogens is 1. The van der Waals surface area contributed by atoms with Crippen molar-refractivity contribution in [3.8, 4) is 11.5 Å². The second kappa shape index (κ2) is 8.61. The monoisotopic (exact) mass is 417 g/mol. The van der Waals surface area contributed by atoms with Gasteiger partial charge in [-0.05, 0) is 37.3 Å². The van der Waals surface area contributed by atoms with E-state index >= 15 is 0 Å². The van der Waals surface area contributed by atoms with Crippen LogP contribution in [0.2, 0.25) is 5.02 Å². The van der Waals surface area contributed by atoms with Crippen LogP contribution in [-0.2, 0) is 6.61 Å². The quantitative estimate of drug-likeness (QED) is 0.447. The summed E-state index contributed by atoms with van der Waals surface area (Å²) in [6.45, 7) is 1.72. The number of benzene rings is 2. The van der Waals surface area contributed by atoms with Gasteiger partial charge in [-0.1, -0.05) is 16.8 Å². The average Bonchev–Trinajstić information content (AvgIpc) is 3.08. The number of aryl methyl sites for hydroxylation is 1. The maximum Gasteiger partial charge on any atom is 0.278 e. The predicted molar refractivity (Wildman–Crippen MR) is 105 cm³/mol. The predicted octanol–water partition coefficient (Wildman–Crippen LogP) is 4.38. The molecule has 0 unspecified atom stereocenters. The van der Waals surface area contributed by atoms with Gasteiger partial charge in [0.2, 0.25) is 0 Å². The Balaban J connectivity index is 1.74. The van der Waals surface area contributed by atoms with Crippen LogP contribution < -0.4 is 14.8 Å². The van der Waals surface area contributed by atoms with Crippen LogP contribution in [0.5, 0.6) is 11.5 Å². The van der Waals surface area contributed by atoms with E-state index in [1.807, 2.05) is 0 Å². The number of rotatable bonds is 7. The van der Waals surface area contributed by atoms with Crippen molar-refractivity contribution in [3.05, 3.63) is 74.6 Å². The first-order valence-electron chi connectivity index (χ1n) is 8.36. The number of hydrogen-bond donors (Lipinski definition) is 1. The lowest BCUT2D eigenvalue weighted by Crippen LogP contribution is -2.15. The maximum absolute atomic E-state index is 12.6. The van der Waals surface area contributed by atoms with E-state index in [0.29, 0.717) is 22.8 Å². The average molecular weight is 418 g/mol. The summed E-state index contributed by atoms with van der Waals surface area (Å²) < 4.78 is 15.9. The minimum absolute atomic E-state index is 0.0313. The normalized spacial score (nSPS) is 10.4. The minimum Gasteiger partial charge on any atom is -0.497 e. The van der Waals surface area contributed by atoms with Crippen LogP contribution in [0.3, 0.4) is 0 Å². The van der Waals surface area contributed by atoms with Crippen molar-refractivity contribution in [3.63, 3.8) is 0 Å². The molecule has 29 heavy (non-hydrogen) atoms. The number of carbonyl (C=O) groups excluding carboxylic acids is 1. The number of non-ortho nitro benzene ring substituents is 1. The van der Waals surface area contributed by atoms with Crippen LogP contribution >= 0.6 is 11.6 Å². The molecule has 1 amide bonds. The standard InChI is InChI=1S/C19H16ClN3O6/c1-11-15(10-28-14-6-4-13(27-2)5-7-14)18(22-29-11)19(24)21-17-8-3-12(23(25)26)9-16(17)20/h3-9H,10H2,1-2H3,(H,21,24). The van der Waals surface area contributed by atoms with Crippen molar-refractivity contribution in [1.82, 2.24) is 5.16 Å². The van der Waals surface area contributed by atoms with Gasteiger partial charge in [0.1, 0.15) is 23.9 Å². The highest BCUT2D eigenvalue weighted by Crippen LogP contribution is 2.28. The Kier molecular flexibility index (Phi) is 5.99. The van der Waals surface area contributed by atoms with Gasteiger partial charge < -0.3 is 19.3 Å². The van der Waals surface area contributed by atoms with Crippen LogP contribution in [0.15, 0.2) is 47.0 Å². The molecule has 0 atom stereocenters. The number of anilines is 1. The number of nitrogens with zero attached hydrogens (tertiary/aromatic N) is 2. The maximum atomic E-state index is 12.6. The minimum atomic E-state index is -0.578. The van der Waals surface area contributed by atoms with E-state index in [1.54, 1.807) is 38.3 Å². The van der Waals surface area contributed by atoms with Crippen molar-refractivity contribution >= 4 is 28.9 Å². The number of nitrogens with one attached hydrogen (secondary N) is 1. The van der Waals surface area contributed by atoms with Gasteiger partial charge in [-0.15, -0.1) is 0 Å². The zero-order chi connectivity index (χ0) is 21.0. The summed E-state index contributed by atoms with van der Waals surface area (Å²) in [5.41, 5.74) is 0.533. The molecule has 1 N–H and O–H groups in total. The molecule has 0 saturated heterocycles. The molecule has 9 nitrogen and oxygen atoms in total. The lowest BCUT2D eigenvalue weighted by Gasteiger charge is -2.09. The molecule has 150 valence electrons. The molecule has 2 aromatic carbocycles. The van der Waals surface area contributed by atoms with E-state index in [9.17, 15) is 14.9 Å². The number of carbonyl (C=O) groups is 1. The van der Waals surface area contributed by atoms with Crippen LogP contribution in [0.25, 0.3) is 0 Å². The molecule has 1 aromatic heterocycles. The molecule has 10 heteroatoms. The Morgan fingerprint density at radius 3 is 2.55 bits per heavy atom. The molecule has 0 spiro atoms. The van der Waals surface area contributed by atoms with E-state index in [2.05, 4.69) is 10.5 Å². The van der Waals surface area contributed by atoms with Gasteiger partial charge in [-0.3, -0.25) is 14.9 Å². The fraction of sp³-hybridized carbons (Fsp3) is 0.158. The summed E-state index contributed by atoms with van der Waals surface area (Å²) in [5.74, 6) is 1.12. The van der Waals surface area contributed by atoms with Crippen LogP contribution in [-0.4, -0.2) is 23.1 Å². The van der Waals surface area contributed by atoms with E-state index in [4.69, 9.17) is 25.6 Å². The smallest absolute Gasteiger partial charge is 0.278 e. The fourth-order valence-corrected chi connectivity index (χ4v) is 2.69. The fourth-order valence-electron chi connectivity index (χ4n) is 2.47. The van der Waals surface area contributed by atoms with Crippen LogP contribution in [0, 0.1) is 17.0 Å². The molecule has 0 aliphatic rings. The van der Waals surface area contributed by atoms with Gasteiger partial charge in [-0.2, -0.15) is 0 Å². The SMILES string of the molecule is COc1ccc(OCc2c(C(=O)Nc3ccc([N+](=O)[O-])cc3Cl)noc2C)cc1. The summed E-state index contributed by atoms with van der Waals surface area (Å²) in [6.07, 6.45) is 0. The van der Waals surface area contributed by atoms with E-state index in [1.165, 1.54) is 12.1 Å². The van der Waals surface area contributed by atoms with Gasteiger partial charge in [0.15, 0.2) is 5.69 Å². The Hall–Kier alpha value is -3.59. The molecule has 0 saturated carbocycles. The molecular formula is C19H16ClN3O6. The first-order chi connectivity index (χ1) is 13.9. The van der Waals surface area contributed by atoms with Crippen molar-refractivity contribution in [2.45, 2.75) is 13.5 Å². The summed E-state index contributed by atoms with van der Waals surface area (Å²) in [4.78, 5) is 22.8. The molecule has 1 heterocycles. The third-order valence-electron chi connectivity index (χ3n) is 4.05. The Morgan fingerprint density at radius 1 is 1.24 bits per heavy atom. The molecule has 0 bridgehead atoms. The molecule has 3 aromatic rings. The van der Waals surface area contributed by atoms with Crippen molar-refractivity contribution in [1.29, 1.82) is 0 Å². The van der Waals surface area contributed by atoms with Gasteiger partial charge in [-0.25, -0.2) is 0 Å². The first-order valence-corrected chi connectivity index (χ1v) is 8.74. The Labute approximate surface area is 170 Å². The third-order valence-corrected chi connectivity index (χ3v) is 4.37. The highest BCUT2D eigenvalue weighted by molar-refractivity contribution is 6.34. The Bertz CT molecular complexity index is 1050. The number of amides is 1. The second-order valence-electron chi connectivity index (χ2n) is 5.91. The van der Waals surface area contributed by atoms with E-state index in [-0.39, 0.29) is 28.7 Å². The van der Waals surface area contributed by atoms with Gasteiger partial charge in [0.05, 0.1) is 28.3 Å². The van der Waals surface area contributed by atoms with Gasteiger partial charge in [0.25, 0.3) is 11.6 Å². The molecule has 0 fully saturated rings. The molecule has 3 rings (SSSR count). The number of halogens is 1. The van der Waals surface area contributed by atoms with Crippen molar-refractivity contribution in [2.24, 2.45) is 0 Å². The topological polar surface area (TPSA) is 117 Å². The lowest BCUT2D eigenvalue weighted by molar-refractivity contribution is -0.384. The lowest BCUT2D eigenvalue weighted by atomic mass is 10.2. The molecule has 0 aliphatic carbocycles. The summed E-state index contributed by atoms with van der Waals surface area (Å²) in [6, 6.07) is 10.7. The summed E-state index contributed by atoms with van der Waals surface area (Å²) in [7, 11) is 1.57. The number of hydrogen-bond acceptors (Lipinski definition) is 7. The number of methoxy groups -OCH3 is 1. The van der Waals surface area contributed by atoms with Gasteiger partial charge in [0, 0.05) is 12.1 Å². The summed E-state index contributed by atoms with van der Waals surface area (Å²) >= 11 is 6.02. The van der Waals surface area contributed by atoms with Crippen molar-refractivity contribution < 1.29 is 23.7 Å². The second-order valence-corrected chi connectivity index (χ2v) is 6.31.